The molecule has 2 aliphatic rings. The third-order valence-corrected chi connectivity index (χ3v) is 5.62. The molecule has 1 fully saturated rings. The Balaban J connectivity index is 1.42. The predicted octanol–water partition coefficient (Wildman–Crippen LogP) is 3.07. The lowest BCUT2D eigenvalue weighted by atomic mass is 9.99. The molecule has 6 heteroatoms. The number of ether oxygens (including phenoxy) is 3. The zero-order chi connectivity index (χ0) is 20.8. The summed E-state index contributed by atoms with van der Waals surface area (Å²) in [5, 5.41) is 10.5. The van der Waals surface area contributed by atoms with Gasteiger partial charge in [-0.05, 0) is 43.6 Å². The quantitative estimate of drug-likeness (QED) is 0.640. The Morgan fingerprint density at radius 3 is 2.60 bits per heavy atom. The number of nitrogens with zero attached hydrogens (tertiary/aromatic N) is 1. The maximum Gasteiger partial charge on any atom is 0.231 e. The Bertz CT molecular complexity index is 835. The van der Waals surface area contributed by atoms with Crippen LogP contribution in [0.1, 0.15) is 35.2 Å². The zero-order valence-electron chi connectivity index (χ0n) is 17.2. The minimum absolute atomic E-state index is 0.0848. The molecular weight excluding hydrogens is 382 g/mol. The summed E-state index contributed by atoms with van der Waals surface area (Å²) in [4.78, 5) is 15.4. The van der Waals surface area contributed by atoms with Gasteiger partial charge in [-0.15, -0.1) is 0 Å². The van der Waals surface area contributed by atoms with E-state index in [-0.39, 0.29) is 19.2 Å². The summed E-state index contributed by atoms with van der Waals surface area (Å²) in [6.45, 7) is 2.95. The van der Waals surface area contributed by atoms with Crippen molar-refractivity contribution in [3.05, 3.63) is 59.7 Å². The van der Waals surface area contributed by atoms with Crippen LogP contribution in [-0.2, 0) is 11.2 Å². The average molecular weight is 411 g/mol. The van der Waals surface area contributed by atoms with Crippen molar-refractivity contribution >= 4 is 5.78 Å². The number of rotatable bonds is 9. The van der Waals surface area contributed by atoms with E-state index in [1.807, 2.05) is 36.4 Å². The molecule has 0 spiro atoms. The van der Waals surface area contributed by atoms with E-state index in [9.17, 15) is 9.90 Å². The van der Waals surface area contributed by atoms with Gasteiger partial charge in [-0.2, -0.15) is 0 Å². The summed E-state index contributed by atoms with van der Waals surface area (Å²) < 4.78 is 16.8. The molecule has 2 heterocycles. The average Bonchev–Trinajstić information content (AvgIpc) is 3.25. The number of benzene rings is 2. The number of piperidine rings is 1. The smallest absolute Gasteiger partial charge is 0.231 e. The van der Waals surface area contributed by atoms with Crippen molar-refractivity contribution in [2.24, 2.45) is 0 Å². The molecule has 0 amide bonds. The van der Waals surface area contributed by atoms with Crippen LogP contribution in [0.5, 0.6) is 11.5 Å². The van der Waals surface area contributed by atoms with Crippen molar-refractivity contribution in [2.45, 2.75) is 37.9 Å². The highest BCUT2D eigenvalue weighted by Gasteiger charge is 2.24. The van der Waals surface area contributed by atoms with Crippen LogP contribution in [0.25, 0.3) is 0 Å². The lowest BCUT2D eigenvalue weighted by molar-refractivity contribution is -0.0151. The standard InChI is InChI=1S/C24H29NO5/c26-20(15-25-11-5-2-6-12-25)16-28-23(24(27)19-7-3-1-4-8-19)14-18-9-10-21-22(13-18)30-17-29-21/h1,3-4,7-10,13,20,23,26H,2,5-6,11-12,14-17H2. The number of ketones is 1. The molecule has 4 rings (SSSR count). The van der Waals surface area contributed by atoms with Crippen LogP contribution in [0.15, 0.2) is 48.5 Å². The number of carbonyl (C=O) groups is 1. The van der Waals surface area contributed by atoms with Gasteiger partial charge in [-0.3, -0.25) is 4.79 Å². The molecule has 160 valence electrons. The third-order valence-electron chi connectivity index (χ3n) is 5.62. The first kappa shape index (κ1) is 20.8. The maximum atomic E-state index is 13.1. The second kappa shape index (κ2) is 10.1. The highest BCUT2D eigenvalue weighted by molar-refractivity contribution is 5.99. The second-order valence-electron chi connectivity index (χ2n) is 7.96. The van der Waals surface area contributed by atoms with Crippen LogP contribution in [0.2, 0.25) is 0 Å². The molecule has 0 aliphatic carbocycles. The first-order valence-corrected chi connectivity index (χ1v) is 10.7. The maximum absolute atomic E-state index is 13.1. The fourth-order valence-electron chi connectivity index (χ4n) is 4.02. The number of hydrogen-bond acceptors (Lipinski definition) is 6. The van der Waals surface area contributed by atoms with Gasteiger partial charge in [0.05, 0.1) is 12.7 Å². The summed E-state index contributed by atoms with van der Waals surface area (Å²) >= 11 is 0. The number of aliphatic hydroxyl groups excluding tert-OH is 1. The fourth-order valence-corrected chi connectivity index (χ4v) is 4.02. The van der Waals surface area contributed by atoms with Gasteiger partial charge in [-0.1, -0.05) is 42.8 Å². The number of hydrogen-bond donors (Lipinski definition) is 1. The Morgan fingerprint density at radius 1 is 1.03 bits per heavy atom. The van der Waals surface area contributed by atoms with Gasteiger partial charge in [-0.25, -0.2) is 0 Å². The highest BCUT2D eigenvalue weighted by Crippen LogP contribution is 2.33. The largest absolute Gasteiger partial charge is 0.454 e. The molecule has 2 aromatic rings. The van der Waals surface area contributed by atoms with Gasteiger partial charge < -0.3 is 24.2 Å². The summed E-state index contributed by atoms with van der Waals surface area (Å²) in [5.41, 5.74) is 1.54. The number of fused-ring (bicyclic) bond motifs is 1. The molecule has 1 saturated heterocycles. The van der Waals surface area contributed by atoms with E-state index < -0.39 is 12.2 Å². The van der Waals surface area contributed by atoms with Crippen molar-refractivity contribution in [1.29, 1.82) is 0 Å². The molecule has 0 saturated carbocycles. The molecule has 0 aromatic heterocycles. The van der Waals surface area contributed by atoms with E-state index >= 15 is 0 Å². The van der Waals surface area contributed by atoms with Crippen molar-refractivity contribution in [1.82, 2.24) is 4.90 Å². The molecular formula is C24H29NO5. The zero-order valence-corrected chi connectivity index (χ0v) is 17.2. The number of likely N-dealkylation sites (tertiary alicyclic amines) is 1. The number of carbonyl (C=O) groups excluding carboxylic acids is 1. The molecule has 1 N–H and O–H groups in total. The first-order valence-electron chi connectivity index (χ1n) is 10.7. The highest BCUT2D eigenvalue weighted by atomic mass is 16.7. The molecule has 30 heavy (non-hydrogen) atoms. The molecule has 0 bridgehead atoms. The number of Topliss-reactive ketones (excluding diaryl/α,β-unsaturated/α-hetero) is 1. The van der Waals surface area contributed by atoms with Gasteiger partial charge in [0.15, 0.2) is 17.3 Å². The van der Waals surface area contributed by atoms with Crippen LogP contribution < -0.4 is 9.47 Å². The SMILES string of the molecule is O=C(c1ccccc1)C(Cc1ccc2c(c1)OCO2)OCC(O)CN1CCCCC1. The van der Waals surface area contributed by atoms with Crippen LogP contribution in [0.3, 0.4) is 0 Å². The monoisotopic (exact) mass is 411 g/mol. The van der Waals surface area contributed by atoms with E-state index in [2.05, 4.69) is 4.90 Å². The molecule has 2 unspecified atom stereocenters. The summed E-state index contributed by atoms with van der Waals surface area (Å²) in [5.74, 6) is 1.31. The van der Waals surface area contributed by atoms with Crippen molar-refractivity contribution < 1.29 is 24.1 Å². The van der Waals surface area contributed by atoms with Gasteiger partial charge in [0, 0.05) is 18.5 Å². The number of β-amino-alcohol motifs (C(OH)–C–C–N with tert-alkyl or cyclic N) is 1. The third kappa shape index (κ3) is 5.39. The van der Waals surface area contributed by atoms with E-state index in [1.165, 1.54) is 19.3 Å². The molecule has 6 nitrogen and oxygen atoms in total. The Hall–Kier alpha value is -2.41. The molecule has 0 radical (unpaired) electrons. The first-order chi connectivity index (χ1) is 14.7. The van der Waals surface area contributed by atoms with Crippen LogP contribution in [-0.4, -0.2) is 61.0 Å². The van der Waals surface area contributed by atoms with Crippen LogP contribution in [0, 0.1) is 0 Å². The van der Waals surface area contributed by atoms with Crippen molar-refractivity contribution in [2.75, 3.05) is 33.0 Å². The minimum Gasteiger partial charge on any atom is -0.454 e. The minimum atomic E-state index is -0.677. The van der Waals surface area contributed by atoms with E-state index in [0.29, 0.717) is 30.0 Å². The summed E-state index contributed by atoms with van der Waals surface area (Å²) in [7, 11) is 0. The van der Waals surface area contributed by atoms with Gasteiger partial charge >= 0.3 is 0 Å². The summed E-state index contributed by atoms with van der Waals surface area (Å²) in [6.07, 6.45) is 2.71. The Labute approximate surface area is 177 Å². The lowest BCUT2D eigenvalue weighted by Crippen LogP contribution is -2.39. The predicted molar refractivity (Wildman–Crippen MR) is 113 cm³/mol. The van der Waals surface area contributed by atoms with Crippen molar-refractivity contribution in [3.8, 4) is 11.5 Å². The van der Waals surface area contributed by atoms with E-state index in [0.717, 1.165) is 18.7 Å². The Morgan fingerprint density at radius 2 is 1.80 bits per heavy atom. The van der Waals surface area contributed by atoms with Crippen LogP contribution >= 0.6 is 0 Å². The van der Waals surface area contributed by atoms with E-state index in [1.54, 1.807) is 12.1 Å². The normalized spacial score (nSPS) is 18.2. The fraction of sp³-hybridized carbons (Fsp3) is 0.458. The second-order valence-corrected chi connectivity index (χ2v) is 7.96. The summed E-state index contributed by atoms with van der Waals surface area (Å²) in [6, 6.07) is 14.8. The Kier molecular flexibility index (Phi) is 7.00. The topological polar surface area (TPSA) is 68.2 Å². The van der Waals surface area contributed by atoms with E-state index in [4.69, 9.17) is 14.2 Å². The van der Waals surface area contributed by atoms with Crippen molar-refractivity contribution in [3.63, 3.8) is 0 Å². The number of aliphatic hydroxyl groups is 1. The van der Waals surface area contributed by atoms with Gasteiger partial charge in [0.25, 0.3) is 0 Å². The molecule has 2 aliphatic heterocycles. The van der Waals surface area contributed by atoms with Gasteiger partial charge in [0.1, 0.15) is 6.10 Å². The molecule has 2 atom stereocenters. The van der Waals surface area contributed by atoms with Crippen LogP contribution in [0.4, 0.5) is 0 Å². The van der Waals surface area contributed by atoms with Gasteiger partial charge in [0.2, 0.25) is 6.79 Å². The molecule has 2 aromatic carbocycles. The lowest BCUT2D eigenvalue weighted by Gasteiger charge is -2.29.